The lowest BCUT2D eigenvalue weighted by Gasteiger charge is -2.47. The predicted octanol–water partition coefficient (Wildman–Crippen LogP) is 4.22. The molecule has 7 heteroatoms. The predicted molar refractivity (Wildman–Crippen MR) is 101 cm³/mol. The first-order valence-corrected chi connectivity index (χ1v) is 9.81. The van der Waals surface area contributed by atoms with Gasteiger partial charge in [0.25, 0.3) is 5.91 Å². The lowest BCUT2D eigenvalue weighted by molar-refractivity contribution is -0.00514. The summed E-state index contributed by atoms with van der Waals surface area (Å²) in [6.07, 6.45) is 2.90. The lowest BCUT2D eigenvalue weighted by atomic mass is 9.72. The first-order valence-electron chi connectivity index (χ1n) is 9.81. The number of hydrogen-bond acceptors (Lipinski definition) is 3. The smallest absolute Gasteiger partial charge is 0.410 e. The average Bonchev–Trinajstić information content (AvgIpc) is 2.60. The van der Waals surface area contributed by atoms with Gasteiger partial charge in [-0.1, -0.05) is 6.07 Å². The van der Waals surface area contributed by atoms with Gasteiger partial charge in [0.1, 0.15) is 22.8 Å². The highest BCUT2D eigenvalue weighted by atomic mass is 19.1. The average molecular weight is 394 g/mol. The largest absolute Gasteiger partial charge is 0.444 e. The molecule has 28 heavy (non-hydrogen) atoms. The molecule has 0 N–H and O–H groups in total. The van der Waals surface area contributed by atoms with Crippen LogP contribution in [0.1, 0.15) is 56.8 Å². The summed E-state index contributed by atoms with van der Waals surface area (Å²) < 4.78 is 33.5. The molecule has 1 spiro atoms. The fraction of sp³-hybridized carbons (Fsp3) is 0.619. The molecular formula is C21H28F2N2O3. The number of nitrogens with zero attached hydrogens (tertiary/aromatic N) is 2. The Hall–Kier alpha value is -2.18. The Kier molecular flexibility index (Phi) is 5.64. The van der Waals surface area contributed by atoms with Crippen molar-refractivity contribution in [2.75, 3.05) is 26.2 Å². The zero-order valence-electron chi connectivity index (χ0n) is 16.8. The maximum absolute atomic E-state index is 14.0. The number of carbonyl (C=O) groups is 2. The monoisotopic (exact) mass is 394 g/mol. The van der Waals surface area contributed by atoms with E-state index in [0.717, 1.165) is 37.8 Å². The molecule has 154 valence electrons. The van der Waals surface area contributed by atoms with Crippen molar-refractivity contribution in [2.24, 2.45) is 5.41 Å². The molecular weight excluding hydrogens is 366 g/mol. The first kappa shape index (κ1) is 20.6. The molecule has 5 nitrogen and oxygen atoms in total. The normalized spacial score (nSPS) is 19.6. The molecule has 2 amide bonds. The fourth-order valence-corrected chi connectivity index (χ4v) is 4.14. The van der Waals surface area contributed by atoms with E-state index in [2.05, 4.69) is 0 Å². The van der Waals surface area contributed by atoms with E-state index < -0.39 is 28.7 Å². The third-order valence-corrected chi connectivity index (χ3v) is 5.60. The molecule has 0 saturated carbocycles. The molecule has 0 bridgehead atoms. The van der Waals surface area contributed by atoms with E-state index >= 15 is 0 Å². The van der Waals surface area contributed by atoms with Crippen LogP contribution in [-0.2, 0) is 4.74 Å². The summed E-state index contributed by atoms with van der Waals surface area (Å²) in [6.45, 7) is 7.58. The Labute approximate surface area is 164 Å². The summed E-state index contributed by atoms with van der Waals surface area (Å²) >= 11 is 0. The third kappa shape index (κ3) is 4.45. The number of benzene rings is 1. The number of likely N-dealkylation sites (tertiary alicyclic amines) is 2. The van der Waals surface area contributed by atoms with Gasteiger partial charge in [-0.05, 0) is 64.0 Å². The van der Waals surface area contributed by atoms with Crippen LogP contribution in [0.4, 0.5) is 13.6 Å². The Balaban J connectivity index is 1.66. The van der Waals surface area contributed by atoms with Crippen LogP contribution in [0, 0.1) is 17.0 Å². The molecule has 2 aliphatic heterocycles. The summed E-state index contributed by atoms with van der Waals surface area (Å²) in [5.74, 6) is -2.25. The van der Waals surface area contributed by atoms with Crippen LogP contribution in [0.3, 0.4) is 0 Å². The van der Waals surface area contributed by atoms with Crippen molar-refractivity contribution in [1.82, 2.24) is 9.80 Å². The quantitative estimate of drug-likeness (QED) is 0.717. The van der Waals surface area contributed by atoms with Gasteiger partial charge in [0.15, 0.2) is 0 Å². The SMILES string of the molecule is CC(C)(C)OC(=O)N1CCC2(CCCN(C(=O)c3c(F)cccc3F)C2)CC1. The van der Waals surface area contributed by atoms with Crippen molar-refractivity contribution in [3.05, 3.63) is 35.4 Å². The second-order valence-corrected chi connectivity index (χ2v) is 8.89. The summed E-state index contributed by atoms with van der Waals surface area (Å²) in [4.78, 5) is 28.3. The van der Waals surface area contributed by atoms with Crippen LogP contribution in [-0.4, -0.2) is 53.6 Å². The third-order valence-electron chi connectivity index (χ3n) is 5.60. The molecule has 0 aromatic heterocycles. The molecule has 0 unspecified atom stereocenters. The number of carbonyl (C=O) groups excluding carboxylic acids is 2. The molecule has 2 saturated heterocycles. The fourth-order valence-electron chi connectivity index (χ4n) is 4.14. The number of ether oxygens (including phenoxy) is 1. The second-order valence-electron chi connectivity index (χ2n) is 8.89. The van der Waals surface area contributed by atoms with Gasteiger partial charge in [-0.25, -0.2) is 13.6 Å². The topological polar surface area (TPSA) is 49.9 Å². The molecule has 2 heterocycles. The number of halogens is 2. The van der Waals surface area contributed by atoms with Crippen LogP contribution < -0.4 is 0 Å². The van der Waals surface area contributed by atoms with Crippen LogP contribution in [0.5, 0.6) is 0 Å². The van der Waals surface area contributed by atoms with Gasteiger partial charge in [-0.15, -0.1) is 0 Å². The van der Waals surface area contributed by atoms with Gasteiger partial charge in [0.05, 0.1) is 0 Å². The lowest BCUT2D eigenvalue weighted by Crippen LogP contribution is -2.52. The minimum Gasteiger partial charge on any atom is -0.444 e. The van der Waals surface area contributed by atoms with Crippen LogP contribution in [0.2, 0.25) is 0 Å². The van der Waals surface area contributed by atoms with Gasteiger partial charge in [0.2, 0.25) is 0 Å². The molecule has 0 radical (unpaired) electrons. The van der Waals surface area contributed by atoms with E-state index in [1.54, 1.807) is 9.80 Å². The van der Waals surface area contributed by atoms with Crippen molar-refractivity contribution in [3.8, 4) is 0 Å². The van der Waals surface area contributed by atoms with Crippen molar-refractivity contribution in [3.63, 3.8) is 0 Å². The van der Waals surface area contributed by atoms with E-state index in [1.807, 2.05) is 20.8 Å². The molecule has 2 fully saturated rings. The van der Waals surface area contributed by atoms with Crippen molar-refractivity contribution >= 4 is 12.0 Å². The zero-order chi connectivity index (χ0) is 20.5. The highest BCUT2D eigenvalue weighted by Crippen LogP contribution is 2.40. The highest BCUT2D eigenvalue weighted by Gasteiger charge is 2.41. The van der Waals surface area contributed by atoms with Gasteiger partial charge in [-0.2, -0.15) is 0 Å². The second kappa shape index (κ2) is 7.68. The van der Waals surface area contributed by atoms with E-state index in [0.29, 0.717) is 26.2 Å². The number of rotatable bonds is 1. The Morgan fingerprint density at radius 3 is 2.18 bits per heavy atom. The molecule has 1 aromatic rings. The first-order chi connectivity index (χ1) is 13.1. The molecule has 0 atom stereocenters. The van der Waals surface area contributed by atoms with Gasteiger partial charge in [0, 0.05) is 26.2 Å². The summed E-state index contributed by atoms with van der Waals surface area (Å²) in [6, 6.07) is 3.47. The highest BCUT2D eigenvalue weighted by molar-refractivity contribution is 5.94. The molecule has 2 aliphatic rings. The van der Waals surface area contributed by atoms with Crippen molar-refractivity contribution in [2.45, 2.75) is 52.1 Å². The van der Waals surface area contributed by atoms with Crippen molar-refractivity contribution in [1.29, 1.82) is 0 Å². The standard InChI is InChI=1S/C21H28F2N2O3/c1-20(2,3)28-19(27)24-12-9-21(10-13-24)8-5-11-25(14-21)18(26)17-15(22)6-4-7-16(17)23/h4,6-7H,5,8-14H2,1-3H3. The van der Waals surface area contributed by atoms with Gasteiger partial charge >= 0.3 is 6.09 Å². The number of amides is 2. The molecule has 0 aliphatic carbocycles. The van der Waals surface area contributed by atoms with Gasteiger partial charge in [-0.3, -0.25) is 4.79 Å². The van der Waals surface area contributed by atoms with E-state index in [4.69, 9.17) is 4.74 Å². The zero-order valence-corrected chi connectivity index (χ0v) is 16.8. The Morgan fingerprint density at radius 2 is 1.61 bits per heavy atom. The molecule has 3 rings (SSSR count). The van der Waals surface area contributed by atoms with Crippen LogP contribution >= 0.6 is 0 Å². The summed E-state index contributed by atoms with van der Waals surface area (Å²) in [7, 11) is 0. The number of hydrogen-bond donors (Lipinski definition) is 0. The van der Waals surface area contributed by atoms with Crippen molar-refractivity contribution < 1.29 is 23.1 Å². The van der Waals surface area contributed by atoms with Crippen LogP contribution in [0.25, 0.3) is 0 Å². The Morgan fingerprint density at radius 1 is 1.00 bits per heavy atom. The van der Waals surface area contributed by atoms with E-state index in [-0.39, 0.29) is 11.5 Å². The molecule has 1 aromatic carbocycles. The summed E-state index contributed by atoms with van der Waals surface area (Å²) in [5, 5.41) is 0. The summed E-state index contributed by atoms with van der Waals surface area (Å²) in [5.41, 5.74) is -1.14. The Bertz CT molecular complexity index is 732. The number of piperidine rings is 2. The van der Waals surface area contributed by atoms with E-state index in [1.165, 1.54) is 6.07 Å². The minimum atomic E-state index is -0.829. The van der Waals surface area contributed by atoms with Gasteiger partial charge < -0.3 is 14.5 Å². The maximum atomic E-state index is 14.0. The van der Waals surface area contributed by atoms with E-state index in [9.17, 15) is 18.4 Å². The minimum absolute atomic E-state index is 0.117. The van der Waals surface area contributed by atoms with Crippen LogP contribution in [0.15, 0.2) is 18.2 Å². The maximum Gasteiger partial charge on any atom is 0.410 e.